The van der Waals surface area contributed by atoms with Crippen molar-refractivity contribution in [3.63, 3.8) is 0 Å². The number of rotatable bonds is 0. The molecule has 0 spiro atoms. The lowest BCUT2D eigenvalue weighted by molar-refractivity contribution is 0.631. The third kappa shape index (κ3) is 1.35. The van der Waals surface area contributed by atoms with E-state index in [1.54, 1.807) is 0 Å². The van der Waals surface area contributed by atoms with Crippen molar-refractivity contribution in [3.8, 4) is 0 Å². The Morgan fingerprint density at radius 1 is 1.40 bits per heavy atom. The SMILES string of the molecule is CN1C2=CCCCC2c2ccc(Br)cc21. The van der Waals surface area contributed by atoms with Gasteiger partial charge in [0.2, 0.25) is 0 Å². The molecule has 78 valence electrons. The summed E-state index contributed by atoms with van der Waals surface area (Å²) in [5.41, 5.74) is 4.39. The predicted octanol–water partition coefficient (Wildman–Crippen LogP) is 4.05. The maximum atomic E-state index is 3.55. The number of hydrogen-bond acceptors (Lipinski definition) is 1. The fraction of sp³-hybridized carbons (Fsp3) is 0.385. The van der Waals surface area contributed by atoms with E-state index in [-0.39, 0.29) is 0 Å². The van der Waals surface area contributed by atoms with Crippen LogP contribution in [0.15, 0.2) is 34.4 Å². The molecule has 1 atom stereocenters. The summed E-state index contributed by atoms with van der Waals surface area (Å²) in [6.45, 7) is 0. The van der Waals surface area contributed by atoms with Crippen LogP contribution in [0.4, 0.5) is 5.69 Å². The quantitative estimate of drug-likeness (QED) is 0.683. The van der Waals surface area contributed by atoms with Gasteiger partial charge in [-0.15, -0.1) is 0 Å². The molecule has 0 aromatic heterocycles. The van der Waals surface area contributed by atoms with Gasteiger partial charge in [-0.05, 0) is 37.0 Å². The summed E-state index contributed by atoms with van der Waals surface area (Å²) in [4.78, 5) is 2.35. The Morgan fingerprint density at radius 2 is 2.27 bits per heavy atom. The minimum Gasteiger partial charge on any atom is -0.348 e. The largest absolute Gasteiger partial charge is 0.348 e. The molecule has 2 heteroatoms. The zero-order valence-corrected chi connectivity index (χ0v) is 10.4. The number of benzene rings is 1. The van der Waals surface area contributed by atoms with Crippen molar-refractivity contribution < 1.29 is 0 Å². The summed E-state index contributed by atoms with van der Waals surface area (Å²) < 4.78 is 1.17. The number of halogens is 1. The molecular formula is C13H14BrN. The Balaban J connectivity index is 2.16. The fourth-order valence-corrected chi connectivity index (χ4v) is 3.14. The first kappa shape index (κ1) is 9.46. The number of fused-ring (bicyclic) bond motifs is 3. The first-order valence-electron chi connectivity index (χ1n) is 5.50. The highest BCUT2D eigenvalue weighted by Crippen LogP contribution is 2.47. The molecule has 1 unspecified atom stereocenters. The molecule has 1 aromatic carbocycles. The molecule has 1 aliphatic heterocycles. The van der Waals surface area contributed by atoms with Crippen LogP contribution in [-0.2, 0) is 0 Å². The Bertz CT molecular complexity index is 436. The molecule has 15 heavy (non-hydrogen) atoms. The van der Waals surface area contributed by atoms with Crippen molar-refractivity contribution >= 4 is 21.6 Å². The van der Waals surface area contributed by atoms with Crippen molar-refractivity contribution in [2.24, 2.45) is 0 Å². The van der Waals surface area contributed by atoms with Crippen molar-refractivity contribution in [3.05, 3.63) is 40.0 Å². The van der Waals surface area contributed by atoms with Crippen molar-refractivity contribution in [1.82, 2.24) is 0 Å². The molecule has 0 saturated carbocycles. The zero-order valence-electron chi connectivity index (χ0n) is 8.83. The van der Waals surface area contributed by atoms with Crippen LogP contribution in [0.1, 0.15) is 30.7 Å². The fourth-order valence-electron chi connectivity index (χ4n) is 2.79. The van der Waals surface area contributed by atoms with E-state index in [9.17, 15) is 0 Å². The topological polar surface area (TPSA) is 3.24 Å². The molecule has 0 bridgehead atoms. The van der Waals surface area contributed by atoms with E-state index < -0.39 is 0 Å². The summed E-state index contributed by atoms with van der Waals surface area (Å²) in [7, 11) is 2.18. The summed E-state index contributed by atoms with van der Waals surface area (Å²) >= 11 is 3.55. The highest BCUT2D eigenvalue weighted by Gasteiger charge is 2.32. The molecule has 1 heterocycles. The van der Waals surface area contributed by atoms with Gasteiger partial charge >= 0.3 is 0 Å². The van der Waals surface area contributed by atoms with Gasteiger partial charge in [0.05, 0.1) is 0 Å². The Hall–Kier alpha value is -0.760. The van der Waals surface area contributed by atoms with Crippen molar-refractivity contribution in [2.75, 3.05) is 11.9 Å². The van der Waals surface area contributed by atoms with Gasteiger partial charge in [0.25, 0.3) is 0 Å². The molecule has 0 saturated heterocycles. The van der Waals surface area contributed by atoms with Gasteiger partial charge in [-0.2, -0.15) is 0 Å². The van der Waals surface area contributed by atoms with Gasteiger partial charge in [0.15, 0.2) is 0 Å². The monoisotopic (exact) mass is 263 g/mol. The maximum absolute atomic E-state index is 3.55. The van der Waals surface area contributed by atoms with Crippen molar-refractivity contribution in [2.45, 2.75) is 25.2 Å². The van der Waals surface area contributed by atoms with Gasteiger partial charge in [0, 0.05) is 28.8 Å². The highest BCUT2D eigenvalue weighted by molar-refractivity contribution is 9.10. The van der Waals surface area contributed by atoms with Gasteiger partial charge in [-0.3, -0.25) is 0 Å². The molecule has 2 aliphatic rings. The Morgan fingerprint density at radius 3 is 3.13 bits per heavy atom. The van der Waals surface area contributed by atoms with E-state index in [1.165, 1.54) is 40.7 Å². The van der Waals surface area contributed by atoms with Crippen LogP contribution in [0.5, 0.6) is 0 Å². The van der Waals surface area contributed by atoms with Gasteiger partial charge in [-0.1, -0.05) is 28.1 Å². The van der Waals surface area contributed by atoms with Crippen LogP contribution in [0, 0.1) is 0 Å². The standard InChI is InChI=1S/C13H14BrN/c1-15-12-5-3-2-4-10(12)11-7-6-9(14)8-13(11)15/h5-8,10H,2-4H2,1H3. The lowest BCUT2D eigenvalue weighted by atomic mass is 9.89. The smallest absolute Gasteiger partial charge is 0.0456 e. The van der Waals surface area contributed by atoms with E-state index in [1.807, 2.05) is 0 Å². The van der Waals surface area contributed by atoms with E-state index >= 15 is 0 Å². The number of anilines is 1. The Labute approximate surface area is 98.9 Å². The molecule has 1 aliphatic carbocycles. The lowest BCUT2D eigenvalue weighted by Gasteiger charge is -2.21. The molecule has 0 amide bonds. The molecule has 0 N–H and O–H groups in total. The molecular weight excluding hydrogens is 250 g/mol. The summed E-state index contributed by atoms with van der Waals surface area (Å²) in [6, 6.07) is 6.66. The van der Waals surface area contributed by atoms with E-state index in [4.69, 9.17) is 0 Å². The number of allylic oxidation sites excluding steroid dienone is 2. The number of nitrogens with zero attached hydrogens (tertiary/aromatic N) is 1. The summed E-state index contributed by atoms with van der Waals surface area (Å²) in [5.74, 6) is 0.659. The van der Waals surface area contributed by atoms with Crippen LogP contribution in [-0.4, -0.2) is 7.05 Å². The van der Waals surface area contributed by atoms with Crippen LogP contribution in [0.25, 0.3) is 0 Å². The molecule has 1 nitrogen and oxygen atoms in total. The number of likely N-dealkylation sites (N-methyl/N-ethyl adjacent to an activating group) is 1. The molecule has 3 rings (SSSR count). The first-order valence-corrected chi connectivity index (χ1v) is 6.30. The second-order valence-electron chi connectivity index (χ2n) is 4.37. The zero-order chi connectivity index (χ0) is 10.4. The van der Waals surface area contributed by atoms with Gasteiger partial charge in [-0.25, -0.2) is 0 Å². The molecule has 0 radical (unpaired) electrons. The maximum Gasteiger partial charge on any atom is 0.0456 e. The average molecular weight is 264 g/mol. The van der Waals surface area contributed by atoms with Crippen LogP contribution >= 0.6 is 15.9 Å². The van der Waals surface area contributed by atoms with Crippen molar-refractivity contribution in [1.29, 1.82) is 0 Å². The minimum absolute atomic E-state index is 0.659. The van der Waals surface area contributed by atoms with E-state index in [0.29, 0.717) is 5.92 Å². The van der Waals surface area contributed by atoms with Crippen LogP contribution in [0.2, 0.25) is 0 Å². The van der Waals surface area contributed by atoms with Gasteiger partial charge < -0.3 is 4.90 Å². The predicted molar refractivity (Wildman–Crippen MR) is 67.2 cm³/mol. The second kappa shape index (κ2) is 3.38. The summed E-state index contributed by atoms with van der Waals surface area (Å²) in [6.07, 6.45) is 6.29. The van der Waals surface area contributed by atoms with Crippen LogP contribution in [0.3, 0.4) is 0 Å². The first-order chi connectivity index (χ1) is 7.27. The van der Waals surface area contributed by atoms with Gasteiger partial charge in [0.1, 0.15) is 0 Å². The molecule has 0 fully saturated rings. The van der Waals surface area contributed by atoms with E-state index in [0.717, 1.165) is 0 Å². The molecule has 1 aromatic rings. The highest BCUT2D eigenvalue weighted by atomic mass is 79.9. The van der Waals surface area contributed by atoms with Crippen LogP contribution < -0.4 is 4.90 Å². The third-order valence-electron chi connectivity index (χ3n) is 3.52. The number of hydrogen-bond donors (Lipinski definition) is 0. The second-order valence-corrected chi connectivity index (χ2v) is 5.29. The average Bonchev–Trinajstić information content (AvgIpc) is 2.54. The lowest BCUT2D eigenvalue weighted by Crippen LogP contribution is -2.15. The minimum atomic E-state index is 0.659. The summed E-state index contributed by atoms with van der Waals surface area (Å²) in [5, 5.41) is 0. The Kier molecular flexibility index (Phi) is 2.13. The normalized spacial score (nSPS) is 23.5. The third-order valence-corrected chi connectivity index (χ3v) is 4.02. The van der Waals surface area contributed by atoms with E-state index in [2.05, 4.69) is 52.2 Å².